The molecule has 3 rings (SSSR count). The van der Waals surface area contributed by atoms with E-state index in [0.29, 0.717) is 17.1 Å². The van der Waals surface area contributed by atoms with Gasteiger partial charge in [-0.15, -0.1) is 0 Å². The fourth-order valence-electron chi connectivity index (χ4n) is 2.94. The van der Waals surface area contributed by atoms with Crippen molar-refractivity contribution in [1.29, 1.82) is 0 Å². The maximum Gasteiger partial charge on any atom is 0.252 e. The van der Waals surface area contributed by atoms with Crippen LogP contribution in [-0.2, 0) is 0 Å². The summed E-state index contributed by atoms with van der Waals surface area (Å²) in [5, 5.41) is 10.4. The summed E-state index contributed by atoms with van der Waals surface area (Å²) in [6.45, 7) is 0. The molecule has 0 heterocycles. The summed E-state index contributed by atoms with van der Waals surface area (Å²) in [4.78, 5) is 11.5. The minimum absolute atomic E-state index is 0.0897. The Balaban J connectivity index is 2.14. The number of phenols is 1. The molecule has 0 atom stereocenters. The molecule has 5 nitrogen and oxygen atoms in total. The zero-order valence-corrected chi connectivity index (χ0v) is 14.5. The number of hydrogen-bond acceptors (Lipinski definition) is 4. The summed E-state index contributed by atoms with van der Waals surface area (Å²) < 4.78 is 10.9. The Morgan fingerprint density at radius 3 is 2.15 bits per heavy atom. The maximum atomic E-state index is 11.5. The third-order valence-corrected chi connectivity index (χ3v) is 4.19. The van der Waals surface area contributed by atoms with Crippen LogP contribution in [-0.4, -0.2) is 25.2 Å². The predicted molar refractivity (Wildman–Crippen MR) is 101 cm³/mol. The lowest BCUT2D eigenvalue weighted by atomic mass is 9.96. The largest absolute Gasteiger partial charge is 0.506 e. The van der Waals surface area contributed by atoms with Crippen LogP contribution in [0.25, 0.3) is 22.3 Å². The van der Waals surface area contributed by atoms with Crippen molar-refractivity contribution in [1.82, 2.24) is 0 Å². The van der Waals surface area contributed by atoms with Gasteiger partial charge in [-0.1, -0.05) is 42.5 Å². The second kappa shape index (κ2) is 7.19. The van der Waals surface area contributed by atoms with Gasteiger partial charge in [0.15, 0.2) is 11.5 Å². The number of aromatic hydroxyl groups is 1. The van der Waals surface area contributed by atoms with Crippen molar-refractivity contribution < 1.29 is 19.4 Å². The minimum atomic E-state index is -0.671. The van der Waals surface area contributed by atoms with Gasteiger partial charge in [0, 0.05) is 11.1 Å². The zero-order valence-electron chi connectivity index (χ0n) is 14.5. The maximum absolute atomic E-state index is 11.5. The van der Waals surface area contributed by atoms with Gasteiger partial charge in [-0.05, 0) is 29.3 Å². The van der Waals surface area contributed by atoms with E-state index in [-0.39, 0.29) is 11.3 Å². The molecular weight excluding hydrogens is 330 g/mol. The van der Waals surface area contributed by atoms with E-state index in [1.807, 2.05) is 42.5 Å². The molecular formula is C21H19NO4. The first kappa shape index (κ1) is 17.4. The number of para-hydroxylation sites is 2. The van der Waals surface area contributed by atoms with Crippen molar-refractivity contribution in [3.8, 4) is 39.5 Å². The molecule has 132 valence electrons. The molecule has 5 heteroatoms. The van der Waals surface area contributed by atoms with Gasteiger partial charge >= 0.3 is 0 Å². The van der Waals surface area contributed by atoms with Crippen LogP contribution in [0.1, 0.15) is 10.4 Å². The monoisotopic (exact) mass is 349 g/mol. The Morgan fingerprint density at radius 2 is 1.50 bits per heavy atom. The van der Waals surface area contributed by atoms with E-state index < -0.39 is 5.91 Å². The quantitative estimate of drug-likeness (QED) is 0.733. The van der Waals surface area contributed by atoms with Gasteiger partial charge in [0.1, 0.15) is 5.75 Å². The molecule has 0 unspecified atom stereocenters. The first-order valence-electron chi connectivity index (χ1n) is 8.00. The average molecular weight is 349 g/mol. The summed E-state index contributed by atoms with van der Waals surface area (Å²) in [6.07, 6.45) is 0. The molecule has 3 N–H and O–H groups in total. The van der Waals surface area contributed by atoms with E-state index >= 15 is 0 Å². The van der Waals surface area contributed by atoms with Crippen molar-refractivity contribution in [2.45, 2.75) is 0 Å². The van der Waals surface area contributed by atoms with Crippen LogP contribution in [0.2, 0.25) is 0 Å². The first-order chi connectivity index (χ1) is 12.6. The summed E-state index contributed by atoms with van der Waals surface area (Å²) in [5.74, 6) is 0.459. The van der Waals surface area contributed by atoms with Crippen LogP contribution in [0.4, 0.5) is 0 Å². The predicted octanol–water partition coefficient (Wildman–Crippen LogP) is 3.84. The molecule has 0 aromatic heterocycles. The van der Waals surface area contributed by atoms with Gasteiger partial charge in [0.05, 0.1) is 19.8 Å². The number of benzene rings is 3. The second-order valence-corrected chi connectivity index (χ2v) is 5.69. The third kappa shape index (κ3) is 3.07. The van der Waals surface area contributed by atoms with Gasteiger partial charge < -0.3 is 20.3 Å². The van der Waals surface area contributed by atoms with Crippen LogP contribution in [0.15, 0.2) is 60.7 Å². The van der Waals surface area contributed by atoms with Crippen LogP contribution >= 0.6 is 0 Å². The fourth-order valence-corrected chi connectivity index (χ4v) is 2.94. The molecule has 0 saturated heterocycles. The van der Waals surface area contributed by atoms with Gasteiger partial charge in [0.2, 0.25) is 0 Å². The number of rotatable bonds is 5. The van der Waals surface area contributed by atoms with Crippen LogP contribution < -0.4 is 15.2 Å². The highest BCUT2D eigenvalue weighted by molar-refractivity contribution is 5.98. The summed E-state index contributed by atoms with van der Waals surface area (Å²) >= 11 is 0. The highest BCUT2D eigenvalue weighted by Gasteiger charge is 2.15. The Bertz CT molecular complexity index is 966. The molecule has 0 aliphatic rings. The average Bonchev–Trinajstić information content (AvgIpc) is 2.67. The molecule has 0 fully saturated rings. The van der Waals surface area contributed by atoms with Gasteiger partial charge in [0.25, 0.3) is 5.91 Å². The van der Waals surface area contributed by atoms with E-state index in [4.69, 9.17) is 15.2 Å². The van der Waals surface area contributed by atoms with Gasteiger partial charge in [-0.25, -0.2) is 0 Å². The number of nitrogens with two attached hydrogens (primary N) is 1. The third-order valence-electron chi connectivity index (χ3n) is 4.19. The Kier molecular flexibility index (Phi) is 4.80. The molecule has 0 bridgehead atoms. The summed E-state index contributed by atoms with van der Waals surface area (Å²) in [5.41, 5.74) is 8.45. The van der Waals surface area contributed by atoms with Crippen molar-refractivity contribution in [3.05, 3.63) is 66.2 Å². The topological polar surface area (TPSA) is 81.8 Å². The SMILES string of the molecule is COc1cccc(-c2cccc(-c3cccc(C(N)=O)c3O)c2)c1OC. The van der Waals surface area contributed by atoms with Crippen molar-refractivity contribution in [2.75, 3.05) is 14.2 Å². The van der Waals surface area contributed by atoms with Crippen LogP contribution in [0.3, 0.4) is 0 Å². The summed E-state index contributed by atoms with van der Waals surface area (Å²) in [6, 6.07) is 18.2. The highest BCUT2D eigenvalue weighted by atomic mass is 16.5. The number of amides is 1. The lowest BCUT2D eigenvalue weighted by Gasteiger charge is -2.14. The molecule has 3 aromatic rings. The van der Waals surface area contributed by atoms with E-state index in [2.05, 4.69) is 0 Å². The number of carbonyl (C=O) groups excluding carboxylic acids is 1. The molecule has 3 aromatic carbocycles. The van der Waals surface area contributed by atoms with Gasteiger partial charge in [-0.2, -0.15) is 0 Å². The lowest BCUT2D eigenvalue weighted by molar-refractivity contribution is 0.0998. The molecule has 1 amide bonds. The van der Waals surface area contributed by atoms with Crippen LogP contribution in [0.5, 0.6) is 17.2 Å². The Hall–Kier alpha value is -3.47. The summed E-state index contributed by atoms with van der Waals surface area (Å²) in [7, 11) is 3.18. The van der Waals surface area contributed by atoms with E-state index in [0.717, 1.165) is 16.7 Å². The Labute approximate surface area is 151 Å². The normalized spacial score (nSPS) is 10.4. The van der Waals surface area contributed by atoms with E-state index in [1.165, 1.54) is 6.07 Å². The van der Waals surface area contributed by atoms with Gasteiger partial charge in [-0.3, -0.25) is 4.79 Å². The fraction of sp³-hybridized carbons (Fsp3) is 0.0952. The van der Waals surface area contributed by atoms with Crippen molar-refractivity contribution >= 4 is 5.91 Å². The number of carbonyl (C=O) groups is 1. The van der Waals surface area contributed by atoms with Crippen molar-refractivity contribution in [2.24, 2.45) is 5.73 Å². The number of ether oxygens (including phenoxy) is 2. The van der Waals surface area contributed by atoms with E-state index in [9.17, 15) is 9.90 Å². The molecule has 26 heavy (non-hydrogen) atoms. The minimum Gasteiger partial charge on any atom is -0.506 e. The van der Waals surface area contributed by atoms with E-state index in [1.54, 1.807) is 26.4 Å². The molecule has 0 spiro atoms. The van der Waals surface area contributed by atoms with Crippen molar-refractivity contribution in [3.63, 3.8) is 0 Å². The number of methoxy groups -OCH3 is 2. The molecule has 0 saturated carbocycles. The number of primary amides is 1. The first-order valence-corrected chi connectivity index (χ1v) is 8.00. The molecule has 0 aliphatic carbocycles. The highest BCUT2D eigenvalue weighted by Crippen LogP contribution is 2.40. The zero-order chi connectivity index (χ0) is 18.7. The standard InChI is InChI=1S/C21H19NO4/c1-25-18-11-5-9-16(20(18)26-2)14-7-3-6-13(12-14)15-8-4-10-17(19(15)23)21(22)24/h3-12,23H,1-2H3,(H2,22,24). The Morgan fingerprint density at radius 1 is 0.885 bits per heavy atom. The smallest absolute Gasteiger partial charge is 0.252 e. The number of hydrogen-bond donors (Lipinski definition) is 2. The lowest BCUT2D eigenvalue weighted by Crippen LogP contribution is -2.11. The molecule has 0 radical (unpaired) electrons. The second-order valence-electron chi connectivity index (χ2n) is 5.69. The van der Waals surface area contributed by atoms with Crippen LogP contribution in [0, 0.1) is 0 Å². The molecule has 0 aliphatic heterocycles.